The van der Waals surface area contributed by atoms with Gasteiger partial charge in [0.1, 0.15) is 17.4 Å². The van der Waals surface area contributed by atoms with Crippen LogP contribution >= 0.6 is 0 Å². The SMILES string of the molecule is C=C/C=C(\C(=C)OC)C(=O)NCC1(c2cc(F)ccc2F)CCNCC1. The Balaban J connectivity index is 2.27. The fraction of sp³-hybridized carbons (Fsp3) is 0.350. The number of ether oxygens (including phenoxy) is 1. The third-order valence-electron chi connectivity index (χ3n) is 4.72. The molecule has 0 atom stereocenters. The standard InChI is InChI=1S/C20H24F2N2O2/c1-4-5-16(14(2)26-3)19(25)24-13-20(8-10-23-11-9-20)17-12-15(21)6-7-18(17)22/h4-7,12,23H,1-2,8-11,13H2,3H3,(H,24,25)/b16-5+. The molecule has 26 heavy (non-hydrogen) atoms. The molecule has 1 saturated heterocycles. The van der Waals surface area contributed by atoms with Crippen LogP contribution < -0.4 is 10.6 Å². The molecule has 2 N–H and O–H groups in total. The maximum atomic E-state index is 14.4. The maximum absolute atomic E-state index is 14.4. The molecule has 1 heterocycles. The molecular weight excluding hydrogens is 338 g/mol. The van der Waals surface area contributed by atoms with Crippen molar-refractivity contribution in [3.8, 4) is 0 Å². The molecule has 140 valence electrons. The summed E-state index contributed by atoms with van der Waals surface area (Å²) < 4.78 is 33.2. The van der Waals surface area contributed by atoms with Crippen molar-refractivity contribution in [3.63, 3.8) is 0 Å². The van der Waals surface area contributed by atoms with Crippen LogP contribution in [0.1, 0.15) is 18.4 Å². The van der Waals surface area contributed by atoms with Crippen LogP contribution in [-0.4, -0.2) is 32.7 Å². The summed E-state index contributed by atoms with van der Waals surface area (Å²) in [6.07, 6.45) is 4.13. The number of allylic oxidation sites excluding steroid dienone is 2. The second-order valence-corrected chi connectivity index (χ2v) is 6.28. The van der Waals surface area contributed by atoms with E-state index >= 15 is 0 Å². The van der Waals surface area contributed by atoms with Crippen LogP contribution in [0.4, 0.5) is 8.78 Å². The Bertz CT molecular complexity index is 723. The van der Waals surface area contributed by atoms with Crippen molar-refractivity contribution in [2.45, 2.75) is 18.3 Å². The van der Waals surface area contributed by atoms with Gasteiger partial charge in [0.25, 0.3) is 5.91 Å². The monoisotopic (exact) mass is 362 g/mol. The van der Waals surface area contributed by atoms with E-state index in [9.17, 15) is 13.6 Å². The van der Waals surface area contributed by atoms with E-state index in [4.69, 9.17) is 4.74 Å². The second kappa shape index (κ2) is 8.76. The molecule has 0 bridgehead atoms. The third-order valence-corrected chi connectivity index (χ3v) is 4.72. The summed E-state index contributed by atoms with van der Waals surface area (Å²) in [6, 6.07) is 3.45. The van der Waals surface area contributed by atoms with E-state index in [2.05, 4.69) is 23.8 Å². The highest BCUT2D eigenvalue weighted by Crippen LogP contribution is 2.35. The largest absolute Gasteiger partial charge is 0.497 e. The lowest BCUT2D eigenvalue weighted by Gasteiger charge is -2.38. The molecule has 1 aromatic rings. The lowest BCUT2D eigenvalue weighted by atomic mass is 9.72. The zero-order chi connectivity index (χ0) is 19.2. The van der Waals surface area contributed by atoms with Crippen LogP contribution in [0.2, 0.25) is 0 Å². The van der Waals surface area contributed by atoms with E-state index in [1.165, 1.54) is 25.3 Å². The molecule has 0 spiro atoms. The lowest BCUT2D eigenvalue weighted by Crippen LogP contribution is -2.48. The number of carbonyl (C=O) groups excluding carboxylic acids is 1. The van der Waals surface area contributed by atoms with Crippen molar-refractivity contribution >= 4 is 5.91 Å². The van der Waals surface area contributed by atoms with Crippen LogP contribution in [0, 0.1) is 11.6 Å². The average Bonchev–Trinajstić information content (AvgIpc) is 2.66. The molecule has 1 aromatic carbocycles. The van der Waals surface area contributed by atoms with Gasteiger partial charge in [-0.05, 0) is 55.8 Å². The number of hydrogen-bond acceptors (Lipinski definition) is 3. The zero-order valence-electron chi connectivity index (χ0n) is 14.9. The molecule has 1 amide bonds. The molecule has 1 aliphatic rings. The smallest absolute Gasteiger partial charge is 0.255 e. The fourth-order valence-corrected chi connectivity index (χ4v) is 3.22. The average molecular weight is 362 g/mol. The van der Waals surface area contributed by atoms with Crippen molar-refractivity contribution in [3.05, 3.63) is 72.0 Å². The minimum atomic E-state index is -0.680. The van der Waals surface area contributed by atoms with Crippen LogP contribution in [0.3, 0.4) is 0 Å². The Hall–Kier alpha value is -2.47. The summed E-state index contributed by atoms with van der Waals surface area (Å²) in [7, 11) is 1.42. The molecule has 2 rings (SSSR count). The molecule has 0 radical (unpaired) electrons. The maximum Gasteiger partial charge on any atom is 0.255 e. The Morgan fingerprint density at radius 2 is 2.08 bits per heavy atom. The molecule has 0 unspecified atom stereocenters. The number of hydrogen-bond donors (Lipinski definition) is 2. The van der Waals surface area contributed by atoms with Gasteiger partial charge in [0.15, 0.2) is 0 Å². The number of methoxy groups -OCH3 is 1. The fourth-order valence-electron chi connectivity index (χ4n) is 3.22. The molecule has 0 aliphatic carbocycles. The van der Waals surface area contributed by atoms with E-state index in [0.29, 0.717) is 31.5 Å². The topological polar surface area (TPSA) is 50.4 Å². The Morgan fingerprint density at radius 3 is 2.69 bits per heavy atom. The van der Waals surface area contributed by atoms with Crippen molar-refractivity contribution in [1.82, 2.24) is 10.6 Å². The Kier molecular flexibility index (Phi) is 6.69. The van der Waals surface area contributed by atoms with Crippen LogP contribution in [0.5, 0.6) is 0 Å². The summed E-state index contributed by atoms with van der Waals surface area (Å²) in [5.41, 5.74) is -0.147. The molecule has 4 nitrogen and oxygen atoms in total. The first-order valence-electron chi connectivity index (χ1n) is 8.44. The first kappa shape index (κ1) is 19.8. The summed E-state index contributed by atoms with van der Waals surface area (Å²) in [6.45, 7) is 8.77. The molecule has 6 heteroatoms. The predicted octanol–water partition coefficient (Wildman–Crippen LogP) is 2.97. The number of carbonyl (C=O) groups is 1. The van der Waals surface area contributed by atoms with Crippen LogP contribution in [-0.2, 0) is 14.9 Å². The van der Waals surface area contributed by atoms with Gasteiger partial charge in [-0.15, -0.1) is 0 Å². The van der Waals surface area contributed by atoms with Crippen molar-refractivity contribution in [2.75, 3.05) is 26.7 Å². The van der Waals surface area contributed by atoms with Gasteiger partial charge in [-0.1, -0.05) is 19.2 Å². The summed E-state index contributed by atoms with van der Waals surface area (Å²) in [5.74, 6) is -1.15. The van der Waals surface area contributed by atoms with Gasteiger partial charge in [0, 0.05) is 12.0 Å². The number of nitrogens with one attached hydrogen (secondary N) is 2. The van der Waals surface area contributed by atoms with Gasteiger partial charge in [-0.2, -0.15) is 0 Å². The highest BCUT2D eigenvalue weighted by molar-refractivity contribution is 5.97. The molecule has 0 aromatic heterocycles. The van der Waals surface area contributed by atoms with E-state index in [-0.39, 0.29) is 17.9 Å². The highest BCUT2D eigenvalue weighted by Gasteiger charge is 2.37. The summed E-state index contributed by atoms with van der Waals surface area (Å²) in [4.78, 5) is 12.6. The lowest BCUT2D eigenvalue weighted by molar-refractivity contribution is -0.117. The highest BCUT2D eigenvalue weighted by atomic mass is 19.1. The first-order valence-corrected chi connectivity index (χ1v) is 8.44. The van der Waals surface area contributed by atoms with Crippen LogP contribution in [0.15, 0.2) is 54.8 Å². The quantitative estimate of drug-likeness (QED) is 0.445. The second-order valence-electron chi connectivity index (χ2n) is 6.28. The molecule has 1 fully saturated rings. The van der Waals surface area contributed by atoms with Gasteiger partial charge in [0.05, 0.1) is 12.7 Å². The normalized spacial score (nSPS) is 16.7. The third kappa shape index (κ3) is 4.38. The predicted molar refractivity (Wildman–Crippen MR) is 97.6 cm³/mol. The molecular formula is C20H24F2N2O2. The van der Waals surface area contributed by atoms with E-state index in [1.54, 1.807) is 0 Å². The van der Waals surface area contributed by atoms with E-state index in [1.807, 2.05) is 0 Å². The number of piperidine rings is 1. The van der Waals surface area contributed by atoms with E-state index < -0.39 is 23.0 Å². The van der Waals surface area contributed by atoms with Crippen molar-refractivity contribution in [2.24, 2.45) is 0 Å². The van der Waals surface area contributed by atoms with E-state index in [0.717, 1.165) is 12.1 Å². The summed E-state index contributed by atoms with van der Waals surface area (Å²) >= 11 is 0. The van der Waals surface area contributed by atoms with Gasteiger partial charge in [-0.25, -0.2) is 8.78 Å². The minimum Gasteiger partial charge on any atom is -0.497 e. The minimum absolute atomic E-state index is 0.180. The Morgan fingerprint density at radius 1 is 1.38 bits per heavy atom. The summed E-state index contributed by atoms with van der Waals surface area (Å²) in [5, 5.41) is 6.04. The van der Waals surface area contributed by atoms with Crippen LogP contribution in [0.25, 0.3) is 0 Å². The number of benzene rings is 1. The number of halogens is 2. The van der Waals surface area contributed by atoms with Crippen molar-refractivity contribution < 1.29 is 18.3 Å². The van der Waals surface area contributed by atoms with Crippen molar-refractivity contribution in [1.29, 1.82) is 0 Å². The zero-order valence-corrected chi connectivity index (χ0v) is 14.9. The number of amides is 1. The van der Waals surface area contributed by atoms with Gasteiger partial charge in [-0.3, -0.25) is 4.79 Å². The van der Waals surface area contributed by atoms with Gasteiger partial charge < -0.3 is 15.4 Å². The first-order chi connectivity index (χ1) is 12.4. The molecule has 0 saturated carbocycles. The molecule has 1 aliphatic heterocycles. The van der Waals surface area contributed by atoms with Gasteiger partial charge in [0.2, 0.25) is 0 Å². The number of rotatable bonds is 7. The Labute approximate surface area is 152 Å². The van der Waals surface area contributed by atoms with Gasteiger partial charge >= 0.3 is 0 Å².